The van der Waals surface area contributed by atoms with E-state index in [2.05, 4.69) is 0 Å². The van der Waals surface area contributed by atoms with Gasteiger partial charge in [0.05, 0.1) is 0 Å². The fourth-order valence-electron chi connectivity index (χ4n) is 1.24. The minimum atomic E-state index is -0.898. The van der Waals surface area contributed by atoms with Crippen molar-refractivity contribution in [2.24, 2.45) is 5.73 Å². The van der Waals surface area contributed by atoms with Crippen LogP contribution in [0.4, 0.5) is 0 Å². The molecular weight excluding hydrogens is 156 g/mol. The number of aliphatic carboxylic acids is 1. The molecule has 1 aliphatic rings. The first kappa shape index (κ1) is 9.06. The van der Waals surface area contributed by atoms with E-state index in [0.29, 0.717) is 6.04 Å². The Labute approximate surface area is 71.7 Å². The zero-order chi connectivity index (χ0) is 8.97. The van der Waals surface area contributed by atoms with E-state index in [1.165, 1.54) is 0 Å². The van der Waals surface area contributed by atoms with Gasteiger partial charge in [-0.3, -0.25) is 0 Å². The van der Waals surface area contributed by atoms with Gasteiger partial charge in [-0.25, -0.2) is 4.79 Å². The molecule has 0 aromatic heterocycles. The van der Waals surface area contributed by atoms with Crippen molar-refractivity contribution in [3.63, 3.8) is 0 Å². The predicted octanol–water partition coefficient (Wildman–Crippen LogP) is 0.00780. The van der Waals surface area contributed by atoms with Crippen molar-refractivity contribution in [3.8, 4) is 0 Å². The van der Waals surface area contributed by atoms with Crippen molar-refractivity contribution < 1.29 is 9.90 Å². The topological polar surface area (TPSA) is 66.6 Å². The fraction of sp³-hybridized carbons (Fsp3) is 0.625. The van der Waals surface area contributed by atoms with Crippen LogP contribution in [0.25, 0.3) is 0 Å². The average molecular weight is 170 g/mol. The van der Waals surface area contributed by atoms with E-state index in [1.807, 2.05) is 4.90 Å². The Bertz CT molecular complexity index is 183. The lowest BCUT2D eigenvalue weighted by Gasteiger charge is -2.28. The average Bonchev–Trinajstić information content (AvgIpc) is 2.03. The van der Waals surface area contributed by atoms with Crippen LogP contribution in [0.15, 0.2) is 12.3 Å². The molecule has 3 N–H and O–H groups in total. The molecule has 0 saturated carbocycles. The summed E-state index contributed by atoms with van der Waals surface area (Å²) in [5.74, 6) is -0.898. The van der Waals surface area contributed by atoms with E-state index in [-0.39, 0.29) is 0 Å². The lowest BCUT2D eigenvalue weighted by atomic mass is 10.1. The van der Waals surface area contributed by atoms with Gasteiger partial charge in [-0.2, -0.15) is 0 Å². The largest absolute Gasteiger partial charge is 0.478 e. The second kappa shape index (κ2) is 4.11. The molecule has 0 bridgehead atoms. The fourth-order valence-corrected chi connectivity index (χ4v) is 1.24. The van der Waals surface area contributed by atoms with Gasteiger partial charge in [0.25, 0.3) is 0 Å². The molecule has 1 saturated heterocycles. The van der Waals surface area contributed by atoms with Gasteiger partial charge in [0, 0.05) is 31.4 Å². The van der Waals surface area contributed by atoms with E-state index in [4.69, 9.17) is 10.8 Å². The minimum absolute atomic E-state index is 0.291. The molecule has 4 nitrogen and oxygen atoms in total. The van der Waals surface area contributed by atoms with Crippen molar-refractivity contribution >= 4 is 5.97 Å². The van der Waals surface area contributed by atoms with Crippen LogP contribution in [-0.4, -0.2) is 35.1 Å². The molecule has 0 aromatic rings. The maximum Gasteiger partial charge on any atom is 0.329 e. The van der Waals surface area contributed by atoms with Crippen LogP contribution < -0.4 is 5.73 Å². The highest BCUT2D eigenvalue weighted by Gasteiger charge is 2.12. The molecule has 1 heterocycles. The first-order valence-corrected chi connectivity index (χ1v) is 4.09. The molecule has 0 aromatic carbocycles. The molecule has 0 amide bonds. The second-order valence-electron chi connectivity index (χ2n) is 3.03. The van der Waals surface area contributed by atoms with Gasteiger partial charge in [0.2, 0.25) is 0 Å². The molecule has 0 spiro atoms. The number of nitrogens with zero attached hydrogens (tertiary/aromatic N) is 1. The third kappa shape index (κ3) is 2.92. The number of piperidine rings is 1. The SMILES string of the molecule is NC1CCN(/C=C/C(=O)O)CC1. The first-order chi connectivity index (χ1) is 5.68. The van der Waals surface area contributed by atoms with Gasteiger partial charge >= 0.3 is 5.97 Å². The number of nitrogens with two attached hydrogens (primary N) is 1. The van der Waals surface area contributed by atoms with Crippen LogP contribution in [0.3, 0.4) is 0 Å². The van der Waals surface area contributed by atoms with Gasteiger partial charge in [0.1, 0.15) is 0 Å². The number of carboxylic acid groups (broad SMARTS) is 1. The maximum absolute atomic E-state index is 10.2. The molecule has 1 fully saturated rings. The zero-order valence-electron chi connectivity index (χ0n) is 6.94. The minimum Gasteiger partial charge on any atom is -0.478 e. The summed E-state index contributed by atoms with van der Waals surface area (Å²) in [6.07, 6.45) is 4.68. The number of likely N-dealkylation sites (tertiary alicyclic amines) is 1. The lowest BCUT2D eigenvalue weighted by Crippen LogP contribution is -2.36. The Hall–Kier alpha value is -1.03. The van der Waals surface area contributed by atoms with Crippen LogP contribution in [0.1, 0.15) is 12.8 Å². The molecule has 0 unspecified atom stereocenters. The van der Waals surface area contributed by atoms with Crippen LogP contribution in [0, 0.1) is 0 Å². The summed E-state index contributed by atoms with van der Waals surface area (Å²) >= 11 is 0. The van der Waals surface area contributed by atoms with Crippen LogP contribution >= 0.6 is 0 Å². The molecule has 0 aliphatic carbocycles. The highest BCUT2D eigenvalue weighted by atomic mass is 16.4. The number of carboxylic acids is 1. The quantitative estimate of drug-likeness (QED) is 0.573. The van der Waals surface area contributed by atoms with Gasteiger partial charge in [0.15, 0.2) is 0 Å². The monoisotopic (exact) mass is 170 g/mol. The molecule has 1 rings (SSSR count). The van der Waals surface area contributed by atoms with Crippen LogP contribution in [0.2, 0.25) is 0 Å². The highest BCUT2D eigenvalue weighted by molar-refractivity contribution is 5.79. The summed E-state index contributed by atoms with van der Waals surface area (Å²) in [4.78, 5) is 12.2. The van der Waals surface area contributed by atoms with Crippen molar-refractivity contribution in [1.29, 1.82) is 0 Å². The predicted molar refractivity (Wildman–Crippen MR) is 45.6 cm³/mol. The molecule has 1 aliphatic heterocycles. The number of hydrogen-bond donors (Lipinski definition) is 2. The van der Waals surface area contributed by atoms with Crippen LogP contribution in [-0.2, 0) is 4.79 Å². The number of carbonyl (C=O) groups is 1. The van der Waals surface area contributed by atoms with Crippen molar-refractivity contribution in [2.75, 3.05) is 13.1 Å². The molecule has 68 valence electrons. The Morgan fingerprint density at radius 1 is 1.50 bits per heavy atom. The van der Waals surface area contributed by atoms with Crippen molar-refractivity contribution in [1.82, 2.24) is 4.90 Å². The van der Waals surface area contributed by atoms with E-state index < -0.39 is 5.97 Å². The number of rotatable bonds is 2. The van der Waals surface area contributed by atoms with Gasteiger partial charge in [-0.1, -0.05) is 0 Å². The van der Waals surface area contributed by atoms with E-state index in [1.54, 1.807) is 6.20 Å². The Morgan fingerprint density at radius 3 is 2.58 bits per heavy atom. The van der Waals surface area contributed by atoms with E-state index in [0.717, 1.165) is 32.0 Å². The van der Waals surface area contributed by atoms with E-state index in [9.17, 15) is 4.79 Å². The van der Waals surface area contributed by atoms with Crippen LogP contribution in [0.5, 0.6) is 0 Å². The summed E-state index contributed by atoms with van der Waals surface area (Å²) in [6.45, 7) is 1.73. The third-order valence-electron chi connectivity index (χ3n) is 2.00. The smallest absolute Gasteiger partial charge is 0.329 e. The second-order valence-corrected chi connectivity index (χ2v) is 3.03. The summed E-state index contributed by atoms with van der Waals surface area (Å²) in [5.41, 5.74) is 5.69. The third-order valence-corrected chi connectivity index (χ3v) is 2.00. The normalized spacial score (nSPS) is 20.2. The molecule has 0 atom stereocenters. The summed E-state index contributed by atoms with van der Waals surface area (Å²) in [5, 5.41) is 8.36. The van der Waals surface area contributed by atoms with E-state index >= 15 is 0 Å². The highest BCUT2D eigenvalue weighted by Crippen LogP contribution is 2.07. The van der Waals surface area contributed by atoms with Crippen molar-refractivity contribution in [3.05, 3.63) is 12.3 Å². The van der Waals surface area contributed by atoms with Gasteiger partial charge in [-0.05, 0) is 12.8 Å². The molecule has 0 radical (unpaired) electrons. The molecular formula is C8H14N2O2. The summed E-state index contributed by atoms with van der Waals surface area (Å²) < 4.78 is 0. The Kier molecular flexibility index (Phi) is 3.10. The van der Waals surface area contributed by atoms with Gasteiger partial charge in [-0.15, -0.1) is 0 Å². The lowest BCUT2D eigenvalue weighted by molar-refractivity contribution is -0.131. The molecule has 4 heteroatoms. The standard InChI is InChI=1S/C8H14N2O2/c9-7-1-4-10(5-2-7)6-3-8(11)12/h3,6-7H,1-2,4-5,9H2,(H,11,12)/b6-3+. The first-order valence-electron chi connectivity index (χ1n) is 4.09. The Morgan fingerprint density at radius 2 is 2.08 bits per heavy atom. The molecule has 12 heavy (non-hydrogen) atoms. The van der Waals surface area contributed by atoms with Gasteiger partial charge < -0.3 is 15.7 Å². The summed E-state index contributed by atoms with van der Waals surface area (Å²) in [7, 11) is 0. The van der Waals surface area contributed by atoms with Crippen molar-refractivity contribution in [2.45, 2.75) is 18.9 Å². The summed E-state index contributed by atoms with van der Waals surface area (Å²) in [6, 6.07) is 0.291. The zero-order valence-corrected chi connectivity index (χ0v) is 6.94. The number of hydrogen-bond acceptors (Lipinski definition) is 3. The Balaban J connectivity index is 2.30. The maximum atomic E-state index is 10.2.